The summed E-state index contributed by atoms with van der Waals surface area (Å²) in [6.45, 7) is 5.48. The van der Waals surface area contributed by atoms with Gasteiger partial charge in [0.25, 0.3) is 0 Å². The Balaban J connectivity index is 4.10. The fourth-order valence-corrected chi connectivity index (χ4v) is 0.548. The third-order valence-electron chi connectivity index (χ3n) is 0.912. The quantitative estimate of drug-likeness (QED) is 0.274. The topological polar surface area (TPSA) is 50.4 Å². The van der Waals surface area contributed by atoms with E-state index in [0.29, 0.717) is 0 Å². The van der Waals surface area contributed by atoms with Gasteiger partial charge in [-0.3, -0.25) is 5.43 Å². The van der Waals surface area contributed by atoms with Gasteiger partial charge in [0, 0.05) is 0 Å². The van der Waals surface area contributed by atoms with Gasteiger partial charge in [-0.1, -0.05) is 18.7 Å². The molecule has 0 fully saturated rings. The molecule has 0 aromatic carbocycles. The summed E-state index contributed by atoms with van der Waals surface area (Å²) in [7, 11) is 0. The van der Waals surface area contributed by atoms with Crippen LogP contribution in [0.15, 0.2) is 41.7 Å². The lowest BCUT2D eigenvalue weighted by Crippen LogP contribution is -2.05. The number of nitrogens with zero attached hydrogens (tertiary/aromatic N) is 1. The Morgan fingerprint density at radius 1 is 1.64 bits per heavy atom. The first kappa shape index (κ1) is 9.49. The Hall–Kier alpha value is -1.51. The Labute approximate surface area is 67.0 Å². The van der Waals surface area contributed by atoms with Gasteiger partial charge in [0.1, 0.15) is 6.34 Å². The van der Waals surface area contributed by atoms with Crippen molar-refractivity contribution in [3.63, 3.8) is 0 Å². The van der Waals surface area contributed by atoms with Gasteiger partial charge in [-0.05, 0) is 19.1 Å². The van der Waals surface area contributed by atoms with E-state index in [2.05, 4.69) is 17.1 Å². The van der Waals surface area contributed by atoms with Crippen molar-refractivity contribution in [1.29, 1.82) is 0 Å². The molecular weight excluding hydrogens is 138 g/mol. The summed E-state index contributed by atoms with van der Waals surface area (Å²) in [6.07, 6.45) is 8.44. The van der Waals surface area contributed by atoms with Crippen LogP contribution in [0.3, 0.4) is 0 Å². The van der Waals surface area contributed by atoms with Crippen LogP contribution in [0.1, 0.15) is 6.92 Å². The maximum atomic E-state index is 5.04. The average molecular weight is 151 g/mol. The number of rotatable bonds is 4. The van der Waals surface area contributed by atoms with Crippen LogP contribution in [0.4, 0.5) is 0 Å². The number of hydrogen-bond acceptors (Lipinski definition) is 2. The number of nitrogens with one attached hydrogen (secondary N) is 1. The normalized spacial score (nSPS) is 12.6. The smallest absolute Gasteiger partial charge is 0.106 e. The fourth-order valence-electron chi connectivity index (χ4n) is 0.548. The summed E-state index contributed by atoms with van der Waals surface area (Å²) in [5.41, 5.74) is 8.61. The highest BCUT2D eigenvalue weighted by Gasteiger charge is 1.82. The van der Waals surface area contributed by atoms with E-state index in [4.69, 9.17) is 5.73 Å². The van der Waals surface area contributed by atoms with E-state index < -0.39 is 0 Å². The summed E-state index contributed by atoms with van der Waals surface area (Å²) in [4.78, 5) is 0. The summed E-state index contributed by atoms with van der Waals surface area (Å²) >= 11 is 0. The second kappa shape index (κ2) is 6.61. The molecule has 3 heteroatoms. The lowest BCUT2D eigenvalue weighted by Gasteiger charge is -1.97. The molecule has 0 bridgehead atoms. The predicted octanol–water partition coefficient (Wildman–Crippen LogP) is 1.12. The van der Waals surface area contributed by atoms with Gasteiger partial charge in [-0.15, -0.1) is 0 Å². The van der Waals surface area contributed by atoms with E-state index in [0.717, 1.165) is 5.70 Å². The molecule has 0 aromatic heterocycles. The molecule has 3 nitrogen and oxygen atoms in total. The molecule has 0 aliphatic heterocycles. The van der Waals surface area contributed by atoms with Crippen LogP contribution in [0.5, 0.6) is 0 Å². The van der Waals surface area contributed by atoms with Crippen LogP contribution in [0.25, 0.3) is 0 Å². The standard InChI is InChI=1S/C8H13N3/c1-3-5-8(6-4-2)11-10-7-9/h3-7,11H,1H2,2H3,(H2,9,10)/b6-4-,8-5+. The Morgan fingerprint density at radius 2 is 2.36 bits per heavy atom. The van der Waals surface area contributed by atoms with E-state index in [1.54, 1.807) is 12.2 Å². The molecule has 0 aliphatic carbocycles. The molecule has 0 atom stereocenters. The van der Waals surface area contributed by atoms with Crippen molar-refractivity contribution >= 4 is 6.34 Å². The second-order valence-corrected chi connectivity index (χ2v) is 1.75. The monoisotopic (exact) mass is 151 g/mol. The lowest BCUT2D eigenvalue weighted by atomic mass is 10.3. The van der Waals surface area contributed by atoms with E-state index in [1.807, 2.05) is 19.1 Å². The minimum absolute atomic E-state index is 0.851. The Morgan fingerprint density at radius 3 is 2.82 bits per heavy atom. The third-order valence-corrected chi connectivity index (χ3v) is 0.912. The predicted molar refractivity (Wildman–Crippen MR) is 48.9 cm³/mol. The van der Waals surface area contributed by atoms with Crippen molar-refractivity contribution in [1.82, 2.24) is 5.43 Å². The number of nitrogens with two attached hydrogens (primary N) is 1. The lowest BCUT2D eigenvalue weighted by molar-refractivity contribution is 0.921. The van der Waals surface area contributed by atoms with Gasteiger partial charge in [-0.25, -0.2) is 0 Å². The van der Waals surface area contributed by atoms with Crippen molar-refractivity contribution in [3.05, 3.63) is 36.6 Å². The third kappa shape index (κ3) is 4.96. The van der Waals surface area contributed by atoms with Gasteiger partial charge in [0.15, 0.2) is 0 Å². The van der Waals surface area contributed by atoms with E-state index in [-0.39, 0.29) is 0 Å². The van der Waals surface area contributed by atoms with Crippen LogP contribution in [-0.2, 0) is 0 Å². The number of hydrogen-bond donors (Lipinski definition) is 2. The first-order valence-electron chi connectivity index (χ1n) is 3.29. The second-order valence-electron chi connectivity index (χ2n) is 1.75. The SMILES string of the molecule is C=C/C=C(\C=C/C)N/N=C\N. The van der Waals surface area contributed by atoms with Crippen molar-refractivity contribution in [2.24, 2.45) is 10.8 Å². The van der Waals surface area contributed by atoms with Crippen molar-refractivity contribution in [2.45, 2.75) is 6.92 Å². The van der Waals surface area contributed by atoms with Gasteiger partial charge in [0.05, 0.1) is 5.70 Å². The summed E-state index contributed by atoms with van der Waals surface area (Å²) < 4.78 is 0. The van der Waals surface area contributed by atoms with Crippen LogP contribution in [0, 0.1) is 0 Å². The molecular formula is C8H13N3. The molecule has 0 saturated heterocycles. The zero-order valence-corrected chi connectivity index (χ0v) is 6.62. The molecule has 3 N–H and O–H groups in total. The van der Waals surface area contributed by atoms with Crippen molar-refractivity contribution in [2.75, 3.05) is 0 Å². The molecule has 60 valence electrons. The maximum absolute atomic E-state index is 5.04. The summed E-state index contributed by atoms with van der Waals surface area (Å²) in [5.74, 6) is 0. The van der Waals surface area contributed by atoms with E-state index in [9.17, 15) is 0 Å². The highest BCUT2D eigenvalue weighted by molar-refractivity contribution is 5.51. The maximum Gasteiger partial charge on any atom is 0.106 e. The molecule has 0 radical (unpaired) electrons. The Bertz CT molecular complexity index is 190. The van der Waals surface area contributed by atoms with Gasteiger partial charge >= 0.3 is 0 Å². The minimum atomic E-state index is 0.851. The number of hydrazone groups is 1. The van der Waals surface area contributed by atoms with Crippen LogP contribution < -0.4 is 11.2 Å². The molecule has 11 heavy (non-hydrogen) atoms. The zero-order chi connectivity index (χ0) is 8.53. The average Bonchev–Trinajstić information content (AvgIpc) is 2.01. The molecule has 0 unspecified atom stereocenters. The molecule has 0 saturated carbocycles. The molecule has 0 aromatic rings. The van der Waals surface area contributed by atoms with Gasteiger partial charge in [0.2, 0.25) is 0 Å². The van der Waals surface area contributed by atoms with Crippen molar-refractivity contribution < 1.29 is 0 Å². The zero-order valence-electron chi connectivity index (χ0n) is 6.62. The molecule has 0 rings (SSSR count). The Kier molecular flexibility index (Phi) is 5.70. The molecule has 0 aliphatic rings. The van der Waals surface area contributed by atoms with Crippen LogP contribution >= 0.6 is 0 Å². The first-order chi connectivity index (χ1) is 5.35. The molecule has 0 spiro atoms. The number of allylic oxidation sites excluding steroid dienone is 4. The fraction of sp³-hybridized carbons (Fsp3) is 0.125. The summed E-state index contributed by atoms with van der Waals surface area (Å²) in [6, 6.07) is 0. The highest BCUT2D eigenvalue weighted by Crippen LogP contribution is 1.91. The van der Waals surface area contributed by atoms with Gasteiger partial charge in [-0.2, -0.15) is 5.10 Å². The van der Waals surface area contributed by atoms with Crippen LogP contribution in [0.2, 0.25) is 0 Å². The van der Waals surface area contributed by atoms with Crippen LogP contribution in [-0.4, -0.2) is 6.34 Å². The highest BCUT2D eigenvalue weighted by atomic mass is 15.3. The van der Waals surface area contributed by atoms with Gasteiger partial charge < -0.3 is 5.73 Å². The van der Waals surface area contributed by atoms with E-state index in [1.165, 1.54) is 6.34 Å². The summed E-state index contributed by atoms with van der Waals surface area (Å²) in [5, 5.41) is 3.64. The van der Waals surface area contributed by atoms with Crippen molar-refractivity contribution in [3.8, 4) is 0 Å². The minimum Gasteiger partial charge on any atom is -0.388 e. The molecule has 0 amide bonds. The van der Waals surface area contributed by atoms with E-state index >= 15 is 0 Å². The largest absolute Gasteiger partial charge is 0.388 e. The molecule has 0 heterocycles. The first-order valence-corrected chi connectivity index (χ1v) is 3.29.